The first-order chi connectivity index (χ1) is 16.5. The van der Waals surface area contributed by atoms with E-state index >= 15 is 0 Å². The maximum Gasteiger partial charge on any atom is 0.256 e. The van der Waals surface area contributed by atoms with Gasteiger partial charge in [-0.1, -0.05) is 12.1 Å². The van der Waals surface area contributed by atoms with Crippen molar-refractivity contribution in [2.75, 3.05) is 44.8 Å². The predicted molar refractivity (Wildman–Crippen MR) is 133 cm³/mol. The van der Waals surface area contributed by atoms with Crippen LogP contribution < -0.4 is 29.6 Å². The van der Waals surface area contributed by atoms with Gasteiger partial charge in [0, 0.05) is 22.7 Å². The first kappa shape index (κ1) is 24.8. The van der Waals surface area contributed by atoms with Crippen LogP contribution in [0.4, 0.5) is 11.4 Å². The van der Waals surface area contributed by atoms with Gasteiger partial charge in [0.05, 0.1) is 45.4 Å². The lowest BCUT2D eigenvalue weighted by molar-refractivity contribution is -0.113. The standard InChI is InChI=1S/C25H26N2O6S/c1-30-17-10-12-20(31-2)19(14-17)27-25(29)18-7-5-6-8-23(18)34-15-24(28)26-16-9-11-21(32-3)22(13-16)33-4/h5-14H,15H2,1-4H3,(H,26,28)(H,27,29). The predicted octanol–water partition coefficient (Wildman–Crippen LogP) is 4.70. The Kier molecular flexibility index (Phi) is 8.64. The minimum Gasteiger partial charge on any atom is -0.497 e. The van der Waals surface area contributed by atoms with E-state index in [9.17, 15) is 9.59 Å². The molecule has 0 aliphatic heterocycles. The quantitative estimate of drug-likeness (QED) is 0.404. The minimum atomic E-state index is -0.324. The molecule has 0 saturated carbocycles. The molecule has 0 spiro atoms. The van der Waals surface area contributed by atoms with Gasteiger partial charge in [-0.2, -0.15) is 0 Å². The molecule has 0 heterocycles. The number of carbonyl (C=O) groups is 2. The van der Waals surface area contributed by atoms with Crippen molar-refractivity contribution in [3.8, 4) is 23.0 Å². The van der Waals surface area contributed by atoms with E-state index in [1.165, 1.54) is 26.0 Å². The monoisotopic (exact) mass is 482 g/mol. The lowest BCUT2D eigenvalue weighted by Crippen LogP contribution is -2.16. The molecular weight excluding hydrogens is 456 g/mol. The Bertz CT molecular complexity index is 1170. The third kappa shape index (κ3) is 6.14. The van der Waals surface area contributed by atoms with E-state index in [1.54, 1.807) is 68.8 Å². The van der Waals surface area contributed by atoms with Crippen molar-refractivity contribution in [1.82, 2.24) is 0 Å². The Balaban J connectivity index is 1.69. The van der Waals surface area contributed by atoms with E-state index in [2.05, 4.69) is 10.6 Å². The summed E-state index contributed by atoms with van der Waals surface area (Å²) in [6, 6.07) is 17.4. The first-order valence-electron chi connectivity index (χ1n) is 10.3. The summed E-state index contributed by atoms with van der Waals surface area (Å²) < 4.78 is 21.0. The summed E-state index contributed by atoms with van der Waals surface area (Å²) in [6.07, 6.45) is 0. The van der Waals surface area contributed by atoms with Gasteiger partial charge in [-0.25, -0.2) is 0 Å². The molecule has 3 rings (SSSR count). The number of anilines is 2. The fraction of sp³-hybridized carbons (Fsp3) is 0.200. The molecule has 0 radical (unpaired) electrons. The third-order valence-corrected chi connectivity index (χ3v) is 5.89. The molecule has 8 nitrogen and oxygen atoms in total. The Hall–Kier alpha value is -3.85. The van der Waals surface area contributed by atoms with Crippen LogP contribution in [-0.4, -0.2) is 46.0 Å². The molecule has 178 valence electrons. The Morgan fingerprint density at radius 3 is 2.18 bits per heavy atom. The van der Waals surface area contributed by atoms with Crippen LogP contribution in [0.2, 0.25) is 0 Å². The average Bonchev–Trinajstić information content (AvgIpc) is 2.87. The summed E-state index contributed by atoms with van der Waals surface area (Å²) >= 11 is 1.26. The zero-order valence-corrected chi connectivity index (χ0v) is 20.2. The molecule has 0 atom stereocenters. The molecular formula is C25H26N2O6S. The Morgan fingerprint density at radius 2 is 1.47 bits per heavy atom. The van der Waals surface area contributed by atoms with Gasteiger partial charge in [-0.3, -0.25) is 9.59 Å². The summed E-state index contributed by atoms with van der Waals surface area (Å²) in [5.41, 5.74) is 1.51. The number of carbonyl (C=O) groups excluding carboxylic acids is 2. The molecule has 2 amide bonds. The molecule has 0 aliphatic carbocycles. The highest BCUT2D eigenvalue weighted by atomic mass is 32.2. The van der Waals surface area contributed by atoms with Crippen molar-refractivity contribution < 1.29 is 28.5 Å². The number of amides is 2. The van der Waals surface area contributed by atoms with Gasteiger partial charge in [0.2, 0.25) is 5.91 Å². The van der Waals surface area contributed by atoms with Crippen LogP contribution >= 0.6 is 11.8 Å². The molecule has 0 aromatic heterocycles. The fourth-order valence-corrected chi connectivity index (χ4v) is 3.99. The minimum absolute atomic E-state index is 0.112. The van der Waals surface area contributed by atoms with Gasteiger partial charge < -0.3 is 29.6 Å². The fourth-order valence-electron chi connectivity index (χ4n) is 3.14. The maximum absolute atomic E-state index is 13.0. The lowest BCUT2D eigenvalue weighted by Gasteiger charge is -2.14. The summed E-state index contributed by atoms with van der Waals surface area (Å²) in [4.78, 5) is 26.2. The normalized spacial score (nSPS) is 10.2. The molecule has 0 bridgehead atoms. The van der Waals surface area contributed by atoms with Crippen LogP contribution in [0, 0.1) is 0 Å². The van der Waals surface area contributed by atoms with Gasteiger partial charge in [-0.05, 0) is 36.4 Å². The van der Waals surface area contributed by atoms with Crippen molar-refractivity contribution in [3.05, 3.63) is 66.2 Å². The maximum atomic E-state index is 13.0. The van der Waals surface area contributed by atoms with E-state index in [4.69, 9.17) is 18.9 Å². The highest BCUT2D eigenvalue weighted by molar-refractivity contribution is 8.00. The van der Waals surface area contributed by atoms with Crippen molar-refractivity contribution in [2.45, 2.75) is 4.90 Å². The number of hydrogen-bond donors (Lipinski definition) is 2. The van der Waals surface area contributed by atoms with E-state index in [1.807, 2.05) is 6.07 Å². The Morgan fingerprint density at radius 1 is 0.765 bits per heavy atom. The number of ether oxygens (including phenoxy) is 4. The molecule has 0 aliphatic rings. The molecule has 0 unspecified atom stereocenters. The van der Waals surface area contributed by atoms with Crippen LogP contribution in [0.1, 0.15) is 10.4 Å². The molecule has 0 saturated heterocycles. The van der Waals surface area contributed by atoms with Crippen molar-refractivity contribution in [2.24, 2.45) is 0 Å². The van der Waals surface area contributed by atoms with Crippen molar-refractivity contribution in [1.29, 1.82) is 0 Å². The van der Waals surface area contributed by atoms with E-state index in [0.717, 1.165) is 0 Å². The van der Waals surface area contributed by atoms with Crippen molar-refractivity contribution >= 4 is 35.0 Å². The third-order valence-electron chi connectivity index (χ3n) is 4.81. The second kappa shape index (κ2) is 11.9. The van der Waals surface area contributed by atoms with Gasteiger partial charge in [0.15, 0.2) is 11.5 Å². The van der Waals surface area contributed by atoms with Gasteiger partial charge in [-0.15, -0.1) is 11.8 Å². The SMILES string of the molecule is COc1ccc(OC)c(NC(=O)c2ccccc2SCC(=O)Nc2ccc(OC)c(OC)c2)c1. The number of thioether (sulfide) groups is 1. The highest BCUT2D eigenvalue weighted by Gasteiger charge is 2.16. The Labute approximate surface area is 202 Å². The second-order valence-corrected chi connectivity index (χ2v) is 7.94. The second-order valence-electron chi connectivity index (χ2n) is 6.92. The number of benzene rings is 3. The van der Waals surface area contributed by atoms with E-state index in [0.29, 0.717) is 44.8 Å². The average molecular weight is 483 g/mol. The summed E-state index contributed by atoms with van der Waals surface area (Å²) in [7, 11) is 6.15. The molecule has 2 N–H and O–H groups in total. The van der Waals surface area contributed by atoms with Crippen LogP contribution in [0.15, 0.2) is 65.6 Å². The van der Waals surface area contributed by atoms with Crippen LogP contribution in [0.3, 0.4) is 0 Å². The van der Waals surface area contributed by atoms with Crippen LogP contribution in [0.5, 0.6) is 23.0 Å². The van der Waals surface area contributed by atoms with Crippen LogP contribution in [-0.2, 0) is 4.79 Å². The number of methoxy groups -OCH3 is 4. The highest BCUT2D eigenvalue weighted by Crippen LogP contribution is 2.32. The molecule has 3 aromatic rings. The molecule has 34 heavy (non-hydrogen) atoms. The number of nitrogens with one attached hydrogen (secondary N) is 2. The zero-order chi connectivity index (χ0) is 24.5. The van der Waals surface area contributed by atoms with Crippen LogP contribution in [0.25, 0.3) is 0 Å². The van der Waals surface area contributed by atoms with Crippen molar-refractivity contribution in [3.63, 3.8) is 0 Å². The van der Waals surface area contributed by atoms with Gasteiger partial charge in [0.25, 0.3) is 5.91 Å². The molecule has 0 fully saturated rings. The smallest absolute Gasteiger partial charge is 0.256 e. The summed E-state index contributed by atoms with van der Waals surface area (Å²) in [6.45, 7) is 0. The largest absolute Gasteiger partial charge is 0.497 e. The van der Waals surface area contributed by atoms with Gasteiger partial charge >= 0.3 is 0 Å². The first-order valence-corrected chi connectivity index (χ1v) is 11.2. The zero-order valence-electron chi connectivity index (χ0n) is 19.3. The van der Waals surface area contributed by atoms with Gasteiger partial charge in [0.1, 0.15) is 11.5 Å². The summed E-state index contributed by atoms with van der Waals surface area (Å²) in [5, 5.41) is 5.69. The van der Waals surface area contributed by atoms with E-state index < -0.39 is 0 Å². The topological polar surface area (TPSA) is 95.1 Å². The molecule has 3 aromatic carbocycles. The number of hydrogen-bond acceptors (Lipinski definition) is 7. The molecule has 9 heteroatoms. The summed E-state index contributed by atoms with van der Waals surface area (Å²) in [5.74, 6) is 1.75. The van der Waals surface area contributed by atoms with E-state index in [-0.39, 0.29) is 17.6 Å². The lowest BCUT2D eigenvalue weighted by atomic mass is 10.2. The number of rotatable bonds is 10.